The maximum absolute atomic E-state index is 12.2. The third kappa shape index (κ3) is 5.34. The molecule has 2 rings (SSSR count). The van der Waals surface area contributed by atoms with Crippen LogP contribution in [0, 0.1) is 17.4 Å². The summed E-state index contributed by atoms with van der Waals surface area (Å²) in [4.78, 5) is 16.2. The Hall–Kier alpha value is -0.835. The molecule has 6 nitrogen and oxygen atoms in total. The normalized spacial score (nSPS) is 15.9. The number of piperazine rings is 1. The second kappa shape index (κ2) is 8.45. The van der Waals surface area contributed by atoms with Crippen molar-refractivity contribution in [2.75, 3.05) is 26.2 Å². The highest BCUT2D eigenvalue weighted by Gasteiger charge is 2.26. The van der Waals surface area contributed by atoms with Crippen molar-refractivity contribution in [3.05, 3.63) is 26.3 Å². The molecule has 8 heteroatoms. The summed E-state index contributed by atoms with van der Waals surface area (Å²) in [5, 5.41) is 19.2. The van der Waals surface area contributed by atoms with E-state index >= 15 is 0 Å². The van der Waals surface area contributed by atoms with E-state index in [1.807, 2.05) is 33.8 Å². The highest BCUT2D eigenvalue weighted by atomic mass is 127. The van der Waals surface area contributed by atoms with Crippen molar-refractivity contribution in [3.63, 3.8) is 0 Å². The first-order valence-corrected chi connectivity index (χ1v) is 9.92. The van der Waals surface area contributed by atoms with Gasteiger partial charge in [-0.3, -0.25) is 4.90 Å². The summed E-state index contributed by atoms with van der Waals surface area (Å²) in [5.74, 6) is 0. The van der Waals surface area contributed by atoms with Gasteiger partial charge >= 0.3 is 13.2 Å². The molecule has 1 heterocycles. The maximum Gasteiger partial charge on any atom is 0.488 e. The average Bonchev–Trinajstić information content (AvgIpc) is 2.54. The number of halogens is 1. The molecule has 1 aromatic carbocycles. The van der Waals surface area contributed by atoms with Crippen LogP contribution in [0.4, 0.5) is 4.79 Å². The lowest BCUT2D eigenvalue weighted by Gasteiger charge is -2.36. The fourth-order valence-electron chi connectivity index (χ4n) is 3.04. The Kier molecular flexibility index (Phi) is 6.98. The zero-order valence-electron chi connectivity index (χ0n) is 16.2. The predicted octanol–water partition coefficient (Wildman–Crippen LogP) is 1.64. The molecule has 1 fully saturated rings. The smallest absolute Gasteiger partial charge is 0.444 e. The molecule has 0 spiro atoms. The molecule has 1 aliphatic heterocycles. The van der Waals surface area contributed by atoms with Crippen LogP contribution in [-0.4, -0.2) is 64.8 Å². The highest BCUT2D eigenvalue weighted by molar-refractivity contribution is 14.1. The lowest BCUT2D eigenvalue weighted by molar-refractivity contribution is 0.0139. The van der Waals surface area contributed by atoms with Crippen molar-refractivity contribution in [2.45, 2.75) is 46.8 Å². The number of rotatable bonds is 3. The second-order valence-corrected chi connectivity index (χ2v) is 8.88. The fourth-order valence-corrected chi connectivity index (χ4v) is 3.70. The van der Waals surface area contributed by atoms with Crippen molar-refractivity contribution >= 4 is 41.3 Å². The minimum atomic E-state index is -1.47. The van der Waals surface area contributed by atoms with E-state index in [1.165, 1.54) is 5.56 Å². The van der Waals surface area contributed by atoms with Gasteiger partial charge in [-0.2, -0.15) is 0 Å². The monoisotopic (exact) mass is 474 g/mol. The van der Waals surface area contributed by atoms with E-state index in [0.717, 1.165) is 34.3 Å². The van der Waals surface area contributed by atoms with Crippen LogP contribution >= 0.6 is 22.6 Å². The Morgan fingerprint density at radius 1 is 1.19 bits per heavy atom. The summed E-state index contributed by atoms with van der Waals surface area (Å²) in [6, 6.07) is 1.89. The second-order valence-electron chi connectivity index (χ2n) is 7.81. The van der Waals surface area contributed by atoms with Crippen LogP contribution in [0.3, 0.4) is 0 Å². The number of amides is 1. The first kappa shape index (κ1) is 21.5. The standard InChI is InChI=1S/C18H28BIN2O4/c1-12-14(10-15(19(24)25)13(2)16(12)20)11-21-6-8-22(9-7-21)17(23)26-18(3,4)5/h10,24-25H,6-9,11H2,1-5H3. The molecule has 2 N–H and O–H groups in total. The molecular weight excluding hydrogens is 446 g/mol. The van der Waals surface area contributed by atoms with Gasteiger partial charge < -0.3 is 19.7 Å². The van der Waals surface area contributed by atoms with Gasteiger partial charge in [0.15, 0.2) is 0 Å². The summed E-state index contributed by atoms with van der Waals surface area (Å²) in [5.41, 5.74) is 3.25. The number of benzene rings is 1. The van der Waals surface area contributed by atoms with E-state index in [2.05, 4.69) is 34.4 Å². The van der Waals surface area contributed by atoms with E-state index < -0.39 is 12.7 Å². The average molecular weight is 474 g/mol. The van der Waals surface area contributed by atoms with Gasteiger partial charge in [0, 0.05) is 36.3 Å². The first-order valence-electron chi connectivity index (χ1n) is 8.84. The van der Waals surface area contributed by atoms with Crippen molar-refractivity contribution < 1.29 is 19.6 Å². The number of ether oxygens (including phenoxy) is 1. The quantitative estimate of drug-likeness (QED) is 0.515. The molecule has 1 aliphatic rings. The van der Waals surface area contributed by atoms with Crippen molar-refractivity contribution in [1.82, 2.24) is 9.80 Å². The van der Waals surface area contributed by atoms with Gasteiger partial charge in [0.2, 0.25) is 0 Å². The Morgan fingerprint density at radius 2 is 1.77 bits per heavy atom. The zero-order valence-corrected chi connectivity index (χ0v) is 18.3. The van der Waals surface area contributed by atoms with Gasteiger partial charge in [0.05, 0.1) is 0 Å². The SMILES string of the molecule is Cc1c(CN2CCN(C(=O)OC(C)(C)C)CC2)cc(B(O)O)c(C)c1I. The van der Waals surface area contributed by atoms with Crippen LogP contribution in [0.25, 0.3) is 0 Å². The third-order valence-electron chi connectivity index (χ3n) is 4.60. The molecule has 1 aromatic rings. The lowest BCUT2D eigenvalue weighted by Crippen LogP contribution is -2.49. The number of hydrogen-bond acceptors (Lipinski definition) is 5. The van der Waals surface area contributed by atoms with Gasteiger partial charge in [-0.15, -0.1) is 0 Å². The molecule has 0 saturated carbocycles. The fraction of sp³-hybridized carbons (Fsp3) is 0.611. The minimum absolute atomic E-state index is 0.260. The molecule has 0 atom stereocenters. The molecule has 1 saturated heterocycles. The van der Waals surface area contributed by atoms with Gasteiger partial charge in [-0.05, 0) is 79.4 Å². The van der Waals surface area contributed by atoms with E-state index in [1.54, 1.807) is 4.90 Å². The van der Waals surface area contributed by atoms with E-state index in [4.69, 9.17) is 4.74 Å². The number of carbonyl (C=O) groups is 1. The highest BCUT2D eigenvalue weighted by Crippen LogP contribution is 2.21. The summed E-state index contributed by atoms with van der Waals surface area (Å²) in [7, 11) is -1.47. The van der Waals surface area contributed by atoms with Gasteiger partial charge in [0.25, 0.3) is 0 Å². The van der Waals surface area contributed by atoms with Crippen LogP contribution in [0.15, 0.2) is 6.07 Å². The van der Waals surface area contributed by atoms with Gasteiger partial charge in [0.1, 0.15) is 5.60 Å². The number of hydrogen-bond donors (Lipinski definition) is 2. The minimum Gasteiger partial charge on any atom is -0.444 e. The molecule has 0 aromatic heterocycles. The Labute approximate surface area is 169 Å². The summed E-state index contributed by atoms with van der Waals surface area (Å²) in [6.07, 6.45) is -0.260. The predicted molar refractivity (Wildman–Crippen MR) is 112 cm³/mol. The molecule has 1 amide bonds. The molecule has 0 aliphatic carbocycles. The summed E-state index contributed by atoms with van der Waals surface area (Å²) >= 11 is 2.26. The largest absolute Gasteiger partial charge is 0.488 e. The molecule has 144 valence electrons. The van der Waals surface area contributed by atoms with E-state index in [0.29, 0.717) is 18.6 Å². The molecule has 0 unspecified atom stereocenters. The Bertz CT molecular complexity index is 668. The van der Waals surface area contributed by atoms with Gasteiger partial charge in [-0.1, -0.05) is 6.07 Å². The Balaban J connectivity index is 2.03. The van der Waals surface area contributed by atoms with Crippen LogP contribution < -0.4 is 5.46 Å². The van der Waals surface area contributed by atoms with Crippen LogP contribution in [-0.2, 0) is 11.3 Å². The van der Waals surface area contributed by atoms with E-state index in [-0.39, 0.29) is 6.09 Å². The van der Waals surface area contributed by atoms with Crippen LogP contribution in [0.5, 0.6) is 0 Å². The molecular formula is C18H28BIN2O4. The first-order chi connectivity index (χ1) is 12.0. The van der Waals surface area contributed by atoms with Crippen LogP contribution in [0.1, 0.15) is 37.5 Å². The van der Waals surface area contributed by atoms with Gasteiger partial charge in [-0.25, -0.2) is 4.79 Å². The molecule has 26 heavy (non-hydrogen) atoms. The molecule has 0 radical (unpaired) electrons. The molecule has 0 bridgehead atoms. The van der Waals surface area contributed by atoms with Crippen molar-refractivity contribution in [2.24, 2.45) is 0 Å². The number of carbonyl (C=O) groups excluding carboxylic acids is 1. The lowest BCUT2D eigenvalue weighted by atomic mass is 9.75. The topological polar surface area (TPSA) is 73.2 Å². The summed E-state index contributed by atoms with van der Waals surface area (Å²) < 4.78 is 6.50. The maximum atomic E-state index is 12.2. The number of nitrogens with zero attached hydrogens (tertiary/aromatic N) is 2. The van der Waals surface area contributed by atoms with Crippen LogP contribution in [0.2, 0.25) is 0 Å². The summed E-state index contributed by atoms with van der Waals surface area (Å²) in [6.45, 7) is 13.1. The van der Waals surface area contributed by atoms with Crippen molar-refractivity contribution in [1.29, 1.82) is 0 Å². The van der Waals surface area contributed by atoms with Crippen molar-refractivity contribution in [3.8, 4) is 0 Å². The third-order valence-corrected chi connectivity index (χ3v) is 6.22. The Morgan fingerprint density at radius 3 is 2.27 bits per heavy atom. The van der Waals surface area contributed by atoms with E-state index in [9.17, 15) is 14.8 Å². The zero-order chi connectivity index (χ0) is 19.6.